The van der Waals surface area contributed by atoms with Gasteiger partial charge in [0, 0.05) is 4.47 Å². The van der Waals surface area contributed by atoms with E-state index in [4.69, 9.17) is 8.85 Å². The average Bonchev–Trinajstić information content (AvgIpc) is 2.90. The molecule has 216 valence electrons. The molecule has 3 aromatic carbocycles. The Kier molecular flexibility index (Phi) is 11.0. The van der Waals surface area contributed by atoms with Gasteiger partial charge in [0.25, 0.3) is 8.32 Å². The number of halogens is 1. The smallest absolute Gasteiger partial charge is 0.261 e. The van der Waals surface area contributed by atoms with Gasteiger partial charge in [-0.1, -0.05) is 164 Å². The Morgan fingerprint density at radius 1 is 0.725 bits per heavy atom. The monoisotopic (exact) mass is 636 g/mol. The van der Waals surface area contributed by atoms with Crippen LogP contribution in [0, 0.1) is 0 Å². The molecule has 0 aliphatic carbocycles. The van der Waals surface area contributed by atoms with Crippen molar-refractivity contribution < 1.29 is 8.85 Å². The highest BCUT2D eigenvalue weighted by Gasteiger charge is 2.51. The highest BCUT2D eigenvalue weighted by atomic mass is 79.9. The second kappa shape index (κ2) is 13.5. The predicted octanol–water partition coefficient (Wildman–Crippen LogP) is 9.82. The molecule has 3 rings (SSSR count). The van der Waals surface area contributed by atoms with Gasteiger partial charge in [-0.05, 0) is 49.2 Å². The van der Waals surface area contributed by atoms with Crippen LogP contribution in [0.2, 0.25) is 21.7 Å². The van der Waals surface area contributed by atoms with E-state index in [1.54, 1.807) is 0 Å². The fourth-order valence-electron chi connectivity index (χ4n) is 6.71. The van der Waals surface area contributed by atoms with E-state index in [9.17, 15) is 0 Å². The fraction of sp³-hybridized carbons (Fsp3) is 0.429. The Morgan fingerprint density at radius 3 is 1.55 bits per heavy atom. The SMILES string of the molecule is C=C(CO[Si](c1ccccc1)(c1ccccc1)C(C)(C)C)C(O[Si](C(C)C)(C(C)C)C(C)C)c1ccccc1Br. The average molecular weight is 638 g/mol. The van der Waals surface area contributed by atoms with Gasteiger partial charge in [0.1, 0.15) is 0 Å². The normalized spacial score (nSPS) is 13.7. The van der Waals surface area contributed by atoms with Gasteiger partial charge < -0.3 is 8.85 Å². The summed E-state index contributed by atoms with van der Waals surface area (Å²) in [6, 6.07) is 30.1. The third-order valence-corrected chi connectivity index (χ3v) is 20.2. The molecule has 0 bridgehead atoms. The highest BCUT2D eigenvalue weighted by Crippen LogP contribution is 2.47. The van der Waals surface area contributed by atoms with E-state index in [2.05, 4.69) is 170 Å². The van der Waals surface area contributed by atoms with Gasteiger partial charge in [0.15, 0.2) is 0 Å². The zero-order valence-electron chi connectivity index (χ0n) is 26.0. The maximum absolute atomic E-state index is 7.46. The molecule has 0 saturated heterocycles. The summed E-state index contributed by atoms with van der Waals surface area (Å²) < 4.78 is 15.8. The summed E-state index contributed by atoms with van der Waals surface area (Å²) in [7, 11) is -4.94. The van der Waals surface area contributed by atoms with Crippen molar-refractivity contribution in [2.45, 2.75) is 90.1 Å². The van der Waals surface area contributed by atoms with Crippen molar-refractivity contribution in [3.05, 3.63) is 107 Å². The van der Waals surface area contributed by atoms with Crippen LogP contribution < -0.4 is 10.4 Å². The van der Waals surface area contributed by atoms with Gasteiger partial charge in [-0.3, -0.25) is 0 Å². The highest BCUT2D eigenvalue weighted by molar-refractivity contribution is 9.10. The van der Waals surface area contributed by atoms with E-state index in [0.29, 0.717) is 23.2 Å². The first kappa shape index (κ1) is 32.7. The summed E-state index contributed by atoms with van der Waals surface area (Å²) in [5, 5.41) is 2.44. The van der Waals surface area contributed by atoms with Gasteiger partial charge in [0.2, 0.25) is 8.32 Å². The van der Waals surface area contributed by atoms with Crippen LogP contribution >= 0.6 is 15.9 Å². The summed E-state index contributed by atoms with van der Waals surface area (Å²) in [5.41, 5.74) is 3.48. The van der Waals surface area contributed by atoms with Crippen LogP contribution in [0.1, 0.15) is 74.0 Å². The van der Waals surface area contributed by atoms with Crippen LogP contribution in [0.4, 0.5) is 0 Å². The molecular formula is C35H49BrO2Si2. The van der Waals surface area contributed by atoms with Crippen molar-refractivity contribution in [3.63, 3.8) is 0 Å². The summed E-state index contributed by atoms with van der Waals surface area (Å²) in [6.45, 7) is 26.1. The third-order valence-electron chi connectivity index (χ3n) is 8.48. The summed E-state index contributed by atoms with van der Waals surface area (Å²) in [5.74, 6) is 0. The predicted molar refractivity (Wildman–Crippen MR) is 182 cm³/mol. The van der Waals surface area contributed by atoms with Crippen molar-refractivity contribution in [1.82, 2.24) is 0 Å². The first-order chi connectivity index (χ1) is 18.8. The minimum atomic E-state index is -2.71. The standard InChI is InChI=1S/C35H49BrO2Si2/c1-26(2)39(27(3)4,28(5)6)38-34(32-23-17-18-24-33(32)36)29(7)25-37-40(35(8,9)10,30-19-13-11-14-20-30)31-21-15-12-16-22-31/h11-24,26-28,34H,7,25H2,1-6,8-10H3. The van der Waals surface area contributed by atoms with Gasteiger partial charge in [-0.25, -0.2) is 0 Å². The fourth-order valence-corrected chi connectivity index (χ4v) is 17.3. The molecule has 0 saturated carbocycles. The van der Waals surface area contributed by atoms with E-state index in [0.717, 1.165) is 15.6 Å². The van der Waals surface area contributed by atoms with Crippen molar-refractivity contribution in [3.8, 4) is 0 Å². The second-order valence-electron chi connectivity index (χ2n) is 12.9. The van der Waals surface area contributed by atoms with E-state index < -0.39 is 16.6 Å². The molecular weight excluding hydrogens is 588 g/mol. The zero-order chi connectivity index (χ0) is 29.7. The Bertz CT molecular complexity index is 1170. The van der Waals surface area contributed by atoms with Crippen molar-refractivity contribution >= 4 is 42.9 Å². The molecule has 0 fully saturated rings. The van der Waals surface area contributed by atoms with Crippen LogP contribution in [0.5, 0.6) is 0 Å². The summed E-state index contributed by atoms with van der Waals surface area (Å²) in [6.07, 6.45) is -0.257. The molecule has 0 heterocycles. The molecule has 0 aliphatic rings. The largest absolute Gasteiger partial charge is 0.405 e. The Morgan fingerprint density at radius 2 is 1.15 bits per heavy atom. The van der Waals surface area contributed by atoms with Gasteiger partial charge in [0.05, 0.1) is 12.7 Å². The lowest BCUT2D eigenvalue weighted by Gasteiger charge is -2.46. The molecule has 40 heavy (non-hydrogen) atoms. The molecule has 5 heteroatoms. The van der Waals surface area contributed by atoms with E-state index in [1.807, 2.05) is 0 Å². The minimum Gasteiger partial charge on any atom is -0.405 e. The van der Waals surface area contributed by atoms with E-state index in [-0.39, 0.29) is 11.1 Å². The quantitative estimate of drug-likeness (QED) is 0.145. The maximum Gasteiger partial charge on any atom is 0.261 e. The maximum atomic E-state index is 7.46. The molecule has 2 nitrogen and oxygen atoms in total. The lowest BCUT2D eigenvalue weighted by Crippen LogP contribution is -2.66. The second-order valence-corrected chi connectivity index (χ2v) is 23.5. The minimum absolute atomic E-state index is 0.105. The molecule has 0 amide bonds. The van der Waals surface area contributed by atoms with Crippen molar-refractivity contribution in [2.24, 2.45) is 0 Å². The molecule has 0 aromatic heterocycles. The van der Waals surface area contributed by atoms with Crippen LogP contribution in [0.3, 0.4) is 0 Å². The van der Waals surface area contributed by atoms with Gasteiger partial charge in [-0.2, -0.15) is 0 Å². The van der Waals surface area contributed by atoms with Crippen LogP contribution in [-0.2, 0) is 8.85 Å². The molecule has 0 aliphatic heterocycles. The third kappa shape index (κ3) is 6.49. The molecule has 1 atom stereocenters. The zero-order valence-corrected chi connectivity index (χ0v) is 29.6. The van der Waals surface area contributed by atoms with Gasteiger partial charge >= 0.3 is 0 Å². The van der Waals surface area contributed by atoms with E-state index >= 15 is 0 Å². The number of hydrogen-bond donors (Lipinski definition) is 0. The Balaban J connectivity index is 2.13. The number of hydrogen-bond acceptors (Lipinski definition) is 2. The summed E-state index contributed by atoms with van der Waals surface area (Å²) >= 11 is 3.84. The summed E-state index contributed by atoms with van der Waals surface area (Å²) in [4.78, 5) is 0. The topological polar surface area (TPSA) is 18.5 Å². The first-order valence-electron chi connectivity index (χ1n) is 14.6. The van der Waals surface area contributed by atoms with Crippen LogP contribution in [0.25, 0.3) is 0 Å². The molecule has 0 radical (unpaired) electrons. The van der Waals surface area contributed by atoms with Crippen molar-refractivity contribution in [1.29, 1.82) is 0 Å². The molecule has 0 N–H and O–H groups in total. The van der Waals surface area contributed by atoms with Crippen molar-refractivity contribution in [2.75, 3.05) is 6.61 Å². The van der Waals surface area contributed by atoms with Crippen LogP contribution in [-0.4, -0.2) is 23.2 Å². The molecule has 3 aromatic rings. The lowest BCUT2D eigenvalue weighted by molar-refractivity contribution is 0.189. The van der Waals surface area contributed by atoms with E-state index in [1.165, 1.54) is 10.4 Å². The number of rotatable bonds is 12. The van der Waals surface area contributed by atoms with Crippen LogP contribution in [0.15, 0.2) is 102 Å². The Labute approximate surface area is 254 Å². The first-order valence-corrected chi connectivity index (χ1v) is 19.5. The van der Waals surface area contributed by atoms with Gasteiger partial charge in [-0.15, -0.1) is 0 Å². The number of benzene rings is 3. The molecule has 1 unspecified atom stereocenters. The lowest BCUT2D eigenvalue weighted by atomic mass is 10.0. The Hall–Kier alpha value is -1.77. The molecule has 0 spiro atoms.